The molecule has 0 N–H and O–H groups in total. The molecule has 0 aromatic heterocycles. The summed E-state index contributed by atoms with van der Waals surface area (Å²) in [6.07, 6.45) is 1.19. The minimum Gasteiger partial charge on any atom is -0.374 e. The number of anilines is 1. The van der Waals surface area contributed by atoms with Gasteiger partial charge < -0.3 is 4.90 Å². The fraction of sp³-hybridized carbons (Fsp3) is 0.231. The zero-order valence-corrected chi connectivity index (χ0v) is 11.1. The lowest BCUT2D eigenvalue weighted by atomic mass is 10.0. The molecular formula is C13H14IN. The zero-order valence-electron chi connectivity index (χ0n) is 8.73. The second kappa shape index (κ2) is 4.00. The van der Waals surface area contributed by atoms with Crippen LogP contribution < -0.4 is 4.90 Å². The molecule has 0 amide bonds. The normalized spacial score (nSPS) is 13.8. The Morgan fingerprint density at radius 2 is 1.87 bits per heavy atom. The predicted molar refractivity (Wildman–Crippen MR) is 76.3 cm³/mol. The molecule has 0 fully saturated rings. The Hall–Kier alpha value is -0.770. The van der Waals surface area contributed by atoms with Crippen molar-refractivity contribution >= 4 is 40.4 Å². The van der Waals surface area contributed by atoms with E-state index in [1.165, 1.54) is 28.4 Å². The Balaban J connectivity index is 0.000000853. The second-order valence-electron chi connectivity index (χ2n) is 3.97. The summed E-state index contributed by atoms with van der Waals surface area (Å²) in [6, 6.07) is 13.1. The lowest BCUT2D eigenvalue weighted by Crippen LogP contribution is -2.12. The summed E-state index contributed by atoms with van der Waals surface area (Å²) in [7, 11) is 2.18. The van der Waals surface area contributed by atoms with Crippen molar-refractivity contribution in [3.63, 3.8) is 0 Å². The summed E-state index contributed by atoms with van der Waals surface area (Å²) in [5.41, 5.74) is 2.93. The molecule has 2 aromatic rings. The van der Waals surface area contributed by atoms with E-state index in [-0.39, 0.29) is 24.0 Å². The number of benzene rings is 2. The first-order chi connectivity index (χ1) is 6.86. The number of likely N-dealkylation sites (N-methyl/N-ethyl adjacent to an activating group) is 1. The van der Waals surface area contributed by atoms with Crippen molar-refractivity contribution in [1.29, 1.82) is 0 Å². The molecule has 78 valence electrons. The fourth-order valence-corrected chi connectivity index (χ4v) is 2.35. The standard InChI is InChI=1S/C13H13N.HI/c1-14-9-8-11-7-6-10-4-2-3-5-12(10)13(11)14;/h2-7H,8-9H2,1H3;1H. The van der Waals surface area contributed by atoms with Crippen LogP contribution in [0, 0.1) is 0 Å². The highest BCUT2D eigenvalue weighted by Crippen LogP contribution is 2.34. The summed E-state index contributed by atoms with van der Waals surface area (Å²) in [5, 5.41) is 2.74. The lowest BCUT2D eigenvalue weighted by Gasteiger charge is -2.14. The van der Waals surface area contributed by atoms with E-state index >= 15 is 0 Å². The molecule has 0 unspecified atom stereocenters. The molecule has 0 saturated heterocycles. The Labute approximate surface area is 107 Å². The van der Waals surface area contributed by atoms with Crippen LogP contribution in [0.25, 0.3) is 10.8 Å². The molecule has 1 nitrogen and oxygen atoms in total. The van der Waals surface area contributed by atoms with Gasteiger partial charge in [0.05, 0.1) is 0 Å². The van der Waals surface area contributed by atoms with Crippen molar-refractivity contribution in [2.45, 2.75) is 6.42 Å². The first-order valence-corrected chi connectivity index (χ1v) is 5.08. The summed E-state index contributed by atoms with van der Waals surface area (Å²) in [5.74, 6) is 0. The van der Waals surface area contributed by atoms with E-state index in [9.17, 15) is 0 Å². The van der Waals surface area contributed by atoms with Gasteiger partial charge in [0.2, 0.25) is 0 Å². The van der Waals surface area contributed by atoms with Gasteiger partial charge in [0.15, 0.2) is 0 Å². The van der Waals surface area contributed by atoms with Crippen molar-refractivity contribution in [3.05, 3.63) is 42.0 Å². The third-order valence-electron chi connectivity index (χ3n) is 3.08. The van der Waals surface area contributed by atoms with Crippen LogP contribution in [0.3, 0.4) is 0 Å². The molecule has 0 radical (unpaired) electrons. The van der Waals surface area contributed by atoms with Crippen molar-refractivity contribution in [3.8, 4) is 0 Å². The first-order valence-electron chi connectivity index (χ1n) is 5.08. The Kier molecular flexibility index (Phi) is 2.87. The molecule has 1 aliphatic heterocycles. The monoisotopic (exact) mass is 311 g/mol. The van der Waals surface area contributed by atoms with Crippen molar-refractivity contribution < 1.29 is 0 Å². The topological polar surface area (TPSA) is 3.24 Å². The second-order valence-corrected chi connectivity index (χ2v) is 3.97. The maximum Gasteiger partial charge on any atom is 0.0476 e. The average molecular weight is 311 g/mol. The lowest BCUT2D eigenvalue weighted by molar-refractivity contribution is 0.957. The van der Waals surface area contributed by atoms with Crippen LogP contribution in [-0.4, -0.2) is 13.6 Å². The molecule has 0 aliphatic carbocycles. The molecule has 1 aliphatic rings. The zero-order chi connectivity index (χ0) is 9.54. The van der Waals surface area contributed by atoms with E-state index in [2.05, 4.69) is 48.3 Å². The van der Waals surface area contributed by atoms with Crippen LogP contribution in [0.5, 0.6) is 0 Å². The van der Waals surface area contributed by atoms with Gasteiger partial charge in [-0.3, -0.25) is 0 Å². The summed E-state index contributed by atoms with van der Waals surface area (Å²) in [4.78, 5) is 2.36. The first kappa shape index (κ1) is 10.7. The maximum absolute atomic E-state index is 2.36. The molecule has 15 heavy (non-hydrogen) atoms. The molecule has 0 bridgehead atoms. The van der Waals surface area contributed by atoms with Crippen LogP contribution in [0.1, 0.15) is 5.56 Å². The van der Waals surface area contributed by atoms with E-state index in [1.54, 1.807) is 0 Å². The number of hydrogen-bond acceptors (Lipinski definition) is 1. The van der Waals surface area contributed by atoms with E-state index in [0.29, 0.717) is 0 Å². The summed E-state index contributed by atoms with van der Waals surface area (Å²) < 4.78 is 0. The molecule has 3 rings (SSSR count). The molecule has 0 atom stereocenters. The van der Waals surface area contributed by atoms with E-state index in [4.69, 9.17) is 0 Å². The highest BCUT2D eigenvalue weighted by atomic mass is 127. The van der Waals surface area contributed by atoms with Gasteiger partial charge in [0.1, 0.15) is 0 Å². The minimum absolute atomic E-state index is 0. The molecule has 0 spiro atoms. The van der Waals surface area contributed by atoms with Gasteiger partial charge in [-0.05, 0) is 17.4 Å². The van der Waals surface area contributed by atoms with Gasteiger partial charge in [0, 0.05) is 24.7 Å². The molecular weight excluding hydrogens is 297 g/mol. The summed E-state index contributed by atoms with van der Waals surface area (Å²) >= 11 is 0. The van der Waals surface area contributed by atoms with Crippen LogP contribution in [-0.2, 0) is 6.42 Å². The summed E-state index contributed by atoms with van der Waals surface area (Å²) in [6.45, 7) is 1.16. The third kappa shape index (κ3) is 1.61. The third-order valence-corrected chi connectivity index (χ3v) is 3.08. The number of nitrogens with zero attached hydrogens (tertiary/aromatic N) is 1. The van der Waals surface area contributed by atoms with Crippen LogP contribution in [0.15, 0.2) is 36.4 Å². The van der Waals surface area contributed by atoms with Crippen LogP contribution >= 0.6 is 24.0 Å². The van der Waals surface area contributed by atoms with Gasteiger partial charge in [-0.15, -0.1) is 24.0 Å². The van der Waals surface area contributed by atoms with Gasteiger partial charge in [0.25, 0.3) is 0 Å². The highest BCUT2D eigenvalue weighted by molar-refractivity contribution is 14.0. The van der Waals surface area contributed by atoms with Crippen molar-refractivity contribution in [1.82, 2.24) is 0 Å². The minimum atomic E-state index is 0. The Morgan fingerprint density at radius 3 is 2.73 bits per heavy atom. The van der Waals surface area contributed by atoms with E-state index in [0.717, 1.165) is 6.54 Å². The SMILES string of the molecule is CN1CCc2ccc3ccccc3c21.I. The molecule has 2 aromatic carbocycles. The quantitative estimate of drug-likeness (QED) is 0.674. The van der Waals surface area contributed by atoms with Gasteiger partial charge in [-0.2, -0.15) is 0 Å². The van der Waals surface area contributed by atoms with Crippen LogP contribution in [0.2, 0.25) is 0 Å². The predicted octanol–water partition coefficient (Wildman–Crippen LogP) is 3.45. The van der Waals surface area contributed by atoms with Crippen molar-refractivity contribution in [2.75, 3.05) is 18.5 Å². The van der Waals surface area contributed by atoms with Gasteiger partial charge in [-0.1, -0.05) is 36.4 Å². The average Bonchev–Trinajstić information content (AvgIpc) is 2.61. The Bertz CT molecular complexity index is 493. The number of fused-ring (bicyclic) bond motifs is 3. The number of hydrogen-bond donors (Lipinski definition) is 0. The van der Waals surface area contributed by atoms with Gasteiger partial charge >= 0.3 is 0 Å². The Morgan fingerprint density at radius 1 is 1.07 bits per heavy atom. The number of halogens is 1. The van der Waals surface area contributed by atoms with E-state index in [1.807, 2.05) is 0 Å². The molecule has 0 saturated carbocycles. The maximum atomic E-state index is 2.36. The highest BCUT2D eigenvalue weighted by Gasteiger charge is 2.17. The fourth-order valence-electron chi connectivity index (χ4n) is 2.35. The van der Waals surface area contributed by atoms with Crippen molar-refractivity contribution in [2.24, 2.45) is 0 Å². The van der Waals surface area contributed by atoms with Crippen LogP contribution in [0.4, 0.5) is 5.69 Å². The molecule has 1 heterocycles. The molecule has 2 heteroatoms. The number of rotatable bonds is 0. The van der Waals surface area contributed by atoms with E-state index < -0.39 is 0 Å². The largest absolute Gasteiger partial charge is 0.374 e. The smallest absolute Gasteiger partial charge is 0.0476 e. The van der Waals surface area contributed by atoms with Gasteiger partial charge in [-0.25, -0.2) is 0 Å².